The van der Waals surface area contributed by atoms with Gasteiger partial charge < -0.3 is 9.59 Å². The normalized spacial score (nSPS) is 7.33. The van der Waals surface area contributed by atoms with Gasteiger partial charge in [-0.25, -0.2) is 0 Å². The topological polar surface area (TPSA) is 34.1 Å². The summed E-state index contributed by atoms with van der Waals surface area (Å²) in [4.78, 5) is 18.9. The summed E-state index contributed by atoms with van der Waals surface area (Å²) in [5.41, 5.74) is -0.579. The molecule has 0 aliphatic rings. The molecule has 0 rings (SSSR count). The Hall–Kier alpha value is -0.595. The van der Waals surface area contributed by atoms with Gasteiger partial charge in [0.05, 0.1) is 12.1 Å². The molecule has 2 radical (unpaired) electrons. The minimum Gasteiger partial charge on any atom is -0.312 e. The molecular formula is C3H3BO2. The van der Waals surface area contributed by atoms with Crippen molar-refractivity contribution in [3.8, 4) is 0 Å². The summed E-state index contributed by atoms with van der Waals surface area (Å²) in [5, 5.41) is 0. The van der Waals surface area contributed by atoms with Crippen molar-refractivity contribution in [2.45, 2.75) is 6.42 Å². The average Bonchev–Trinajstić information content (AvgIpc) is 1.35. The Morgan fingerprint density at radius 1 is 1.83 bits per heavy atom. The fourth-order valence-corrected chi connectivity index (χ4v) is 0.0821. The van der Waals surface area contributed by atoms with E-state index >= 15 is 0 Å². The second-order valence-electron chi connectivity index (χ2n) is 0.837. The van der Waals surface area contributed by atoms with E-state index in [2.05, 4.69) is 7.85 Å². The summed E-state index contributed by atoms with van der Waals surface area (Å²) in [5.74, 6) is 0. The third-order valence-electron chi connectivity index (χ3n) is 0.285. The second kappa shape index (κ2) is 2.63. The number of hydrogen-bond donors (Lipinski definition) is 0. The summed E-state index contributed by atoms with van der Waals surface area (Å²) < 4.78 is 0. The van der Waals surface area contributed by atoms with Crippen LogP contribution in [0.25, 0.3) is 0 Å². The largest absolute Gasteiger partial charge is 0.312 e. The minimum absolute atomic E-state index is 0.167. The van der Waals surface area contributed by atoms with Crippen LogP contribution >= 0.6 is 0 Å². The van der Waals surface area contributed by atoms with Crippen LogP contribution in [-0.4, -0.2) is 19.8 Å². The SMILES string of the molecule is [B]C(=O)CC=O. The van der Waals surface area contributed by atoms with Crippen molar-refractivity contribution >= 4 is 19.8 Å². The van der Waals surface area contributed by atoms with E-state index < -0.39 is 5.68 Å². The van der Waals surface area contributed by atoms with Crippen LogP contribution in [0.5, 0.6) is 0 Å². The lowest BCUT2D eigenvalue weighted by atomic mass is 10.0. The zero-order chi connectivity index (χ0) is 4.99. The maximum absolute atomic E-state index is 9.59. The molecule has 0 amide bonds. The highest BCUT2D eigenvalue weighted by molar-refractivity contribution is 6.58. The summed E-state index contributed by atoms with van der Waals surface area (Å²) in [6.07, 6.45) is 0.308. The van der Waals surface area contributed by atoms with Gasteiger partial charge in [0.15, 0.2) is 7.85 Å². The van der Waals surface area contributed by atoms with Crippen molar-refractivity contribution in [1.29, 1.82) is 0 Å². The molecule has 0 atom stereocenters. The van der Waals surface area contributed by atoms with Gasteiger partial charge in [0.25, 0.3) is 0 Å². The highest BCUT2D eigenvalue weighted by Crippen LogP contribution is 1.64. The molecule has 0 aromatic rings. The third kappa shape index (κ3) is 3.40. The van der Waals surface area contributed by atoms with Crippen LogP contribution in [0.15, 0.2) is 0 Å². The number of rotatable bonds is 2. The van der Waals surface area contributed by atoms with Gasteiger partial charge in [-0.1, -0.05) is 0 Å². The van der Waals surface area contributed by atoms with Gasteiger partial charge in [-0.3, -0.25) is 0 Å². The quantitative estimate of drug-likeness (QED) is 0.250. The molecule has 0 fully saturated rings. The molecule has 2 nitrogen and oxygen atoms in total. The average molecular weight is 81.9 g/mol. The van der Waals surface area contributed by atoms with Gasteiger partial charge >= 0.3 is 0 Å². The van der Waals surface area contributed by atoms with Crippen LogP contribution in [0.1, 0.15) is 6.42 Å². The molecule has 30 valence electrons. The molecule has 0 bridgehead atoms. The van der Waals surface area contributed by atoms with E-state index in [4.69, 9.17) is 0 Å². The zero-order valence-electron chi connectivity index (χ0n) is 3.18. The summed E-state index contributed by atoms with van der Waals surface area (Å²) in [6, 6.07) is 0. The zero-order valence-corrected chi connectivity index (χ0v) is 3.18. The van der Waals surface area contributed by atoms with E-state index in [0.717, 1.165) is 0 Å². The molecule has 0 saturated carbocycles. The fourth-order valence-electron chi connectivity index (χ4n) is 0.0821. The van der Waals surface area contributed by atoms with Crippen LogP contribution in [0.3, 0.4) is 0 Å². The lowest BCUT2D eigenvalue weighted by molar-refractivity contribution is -0.116. The molecule has 0 N–H and O–H groups in total. The van der Waals surface area contributed by atoms with Crippen molar-refractivity contribution in [1.82, 2.24) is 0 Å². The summed E-state index contributed by atoms with van der Waals surface area (Å²) >= 11 is 0. The van der Waals surface area contributed by atoms with E-state index in [9.17, 15) is 9.59 Å². The molecule has 0 spiro atoms. The Morgan fingerprint density at radius 3 is 2.33 bits per heavy atom. The van der Waals surface area contributed by atoms with E-state index in [1.165, 1.54) is 0 Å². The molecule has 0 saturated heterocycles. The molecule has 0 aliphatic heterocycles. The maximum Gasteiger partial charge on any atom is 0.168 e. The van der Waals surface area contributed by atoms with Crippen molar-refractivity contribution in [3.63, 3.8) is 0 Å². The van der Waals surface area contributed by atoms with Crippen LogP contribution < -0.4 is 0 Å². The molecular weight excluding hydrogens is 78.8 g/mol. The first-order chi connectivity index (χ1) is 2.77. The second-order valence-corrected chi connectivity index (χ2v) is 0.837. The molecule has 0 heterocycles. The van der Waals surface area contributed by atoms with Crippen molar-refractivity contribution in [3.05, 3.63) is 0 Å². The van der Waals surface area contributed by atoms with Crippen molar-refractivity contribution < 1.29 is 9.59 Å². The third-order valence-corrected chi connectivity index (χ3v) is 0.285. The van der Waals surface area contributed by atoms with Gasteiger partial charge in [-0.05, 0) is 0 Å². The van der Waals surface area contributed by atoms with E-state index in [1.54, 1.807) is 0 Å². The van der Waals surface area contributed by atoms with Crippen LogP contribution in [0.2, 0.25) is 0 Å². The highest BCUT2D eigenvalue weighted by atomic mass is 16.1. The molecule has 0 aromatic heterocycles. The Kier molecular flexibility index (Phi) is 2.37. The molecule has 6 heavy (non-hydrogen) atoms. The van der Waals surface area contributed by atoms with E-state index in [0.29, 0.717) is 6.29 Å². The number of carbonyl (C=O) groups excluding carboxylic acids is 2. The van der Waals surface area contributed by atoms with E-state index in [1.807, 2.05) is 0 Å². The van der Waals surface area contributed by atoms with Gasteiger partial charge in [0.1, 0.15) is 6.29 Å². The Morgan fingerprint density at radius 2 is 2.33 bits per heavy atom. The first-order valence-corrected chi connectivity index (χ1v) is 1.49. The minimum atomic E-state index is -0.579. The lowest BCUT2D eigenvalue weighted by Crippen LogP contribution is -1.94. The molecule has 3 heteroatoms. The molecule has 0 unspecified atom stereocenters. The smallest absolute Gasteiger partial charge is 0.168 e. The summed E-state index contributed by atoms with van der Waals surface area (Å²) in [7, 11) is 4.53. The first-order valence-electron chi connectivity index (χ1n) is 1.49. The Balaban J connectivity index is 3.05. The number of hydrogen-bond acceptors (Lipinski definition) is 2. The van der Waals surface area contributed by atoms with E-state index in [-0.39, 0.29) is 6.42 Å². The number of aldehydes is 1. The van der Waals surface area contributed by atoms with Gasteiger partial charge in [-0.15, -0.1) is 0 Å². The van der Waals surface area contributed by atoms with Gasteiger partial charge in [0, 0.05) is 0 Å². The van der Waals surface area contributed by atoms with Crippen molar-refractivity contribution in [2.24, 2.45) is 0 Å². The first kappa shape index (κ1) is 5.40. The Labute approximate surface area is 36.9 Å². The monoisotopic (exact) mass is 82.0 g/mol. The summed E-state index contributed by atoms with van der Waals surface area (Å²) in [6.45, 7) is 0. The maximum atomic E-state index is 9.59. The van der Waals surface area contributed by atoms with Gasteiger partial charge in [-0.2, -0.15) is 0 Å². The van der Waals surface area contributed by atoms with Crippen molar-refractivity contribution in [2.75, 3.05) is 0 Å². The standard InChI is InChI=1S/C3H3BO2/c4-3(6)1-2-5/h2H,1H2. The highest BCUT2D eigenvalue weighted by Gasteiger charge is 1.83. The van der Waals surface area contributed by atoms with Gasteiger partial charge in [0.2, 0.25) is 0 Å². The predicted octanol–water partition coefficient (Wildman–Crippen LogP) is -0.730. The molecule has 0 aliphatic carbocycles. The Bertz CT molecular complexity index is 69.2. The van der Waals surface area contributed by atoms with Crippen LogP contribution in [-0.2, 0) is 9.59 Å². The number of carbonyl (C=O) groups is 2. The fraction of sp³-hybridized carbons (Fsp3) is 0.333. The van der Waals surface area contributed by atoms with Crippen LogP contribution in [0, 0.1) is 0 Å². The predicted molar refractivity (Wildman–Crippen MR) is 21.4 cm³/mol. The molecule has 0 aromatic carbocycles. The van der Waals surface area contributed by atoms with Crippen LogP contribution in [0.4, 0.5) is 0 Å². The lowest BCUT2D eigenvalue weighted by Gasteiger charge is -1.72.